The Hall–Kier alpha value is -3.25. The van der Waals surface area contributed by atoms with Crippen LogP contribution in [-0.2, 0) is 22.4 Å². The van der Waals surface area contributed by atoms with Crippen molar-refractivity contribution in [3.8, 4) is 0 Å². The SMILES string of the molecule is O=C(/C=C/c1ccccc1)Nc1nc(CC(=O)NCCCc2ccccc2)cs1. The average molecular weight is 406 g/mol. The van der Waals surface area contributed by atoms with E-state index in [1.165, 1.54) is 23.0 Å². The molecule has 3 aromatic rings. The summed E-state index contributed by atoms with van der Waals surface area (Å²) in [6, 6.07) is 19.8. The topological polar surface area (TPSA) is 71.1 Å². The highest BCUT2D eigenvalue weighted by Gasteiger charge is 2.08. The number of aromatic nitrogens is 1. The minimum atomic E-state index is -0.250. The van der Waals surface area contributed by atoms with Crippen molar-refractivity contribution < 1.29 is 9.59 Å². The fraction of sp³-hybridized carbons (Fsp3) is 0.174. The summed E-state index contributed by atoms with van der Waals surface area (Å²) in [5.41, 5.74) is 2.87. The summed E-state index contributed by atoms with van der Waals surface area (Å²) in [6.45, 7) is 0.631. The summed E-state index contributed by atoms with van der Waals surface area (Å²) in [7, 11) is 0. The van der Waals surface area contributed by atoms with Crippen molar-refractivity contribution in [2.45, 2.75) is 19.3 Å². The van der Waals surface area contributed by atoms with Gasteiger partial charge < -0.3 is 5.32 Å². The molecule has 2 aromatic carbocycles. The van der Waals surface area contributed by atoms with Gasteiger partial charge in [0.1, 0.15) is 0 Å². The fourth-order valence-electron chi connectivity index (χ4n) is 2.72. The highest BCUT2D eigenvalue weighted by molar-refractivity contribution is 7.14. The van der Waals surface area contributed by atoms with Gasteiger partial charge in [-0.2, -0.15) is 0 Å². The molecule has 0 atom stereocenters. The van der Waals surface area contributed by atoms with E-state index >= 15 is 0 Å². The lowest BCUT2D eigenvalue weighted by Gasteiger charge is -2.04. The summed E-state index contributed by atoms with van der Waals surface area (Å²) in [4.78, 5) is 28.4. The van der Waals surface area contributed by atoms with Gasteiger partial charge in [0.15, 0.2) is 5.13 Å². The van der Waals surface area contributed by atoms with Gasteiger partial charge in [0.25, 0.3) is 0 Å². The Morgan fingerprint density at radius 2 is 1.72 bits per heavy atom. The van der Waals surface area contributed by atoms with Crippen LogP contribution in [0.15, 0.2) is 72.1 Å². The molecular weight excluding hydrogens is 382 g/mol. The second kappa shape index (κ2) is 10.9. The van der Waals surface area contributed by atoms with E-state index in [0.717, 1.165) is 18.4 Å². The first-order chi connectivity index (χ1) is 14.2. The Labute approximate surface area is 174 Å². The van der Waals surface area contributed by atoms with Crippen LogP contribution >= 0.6 is 11.3 Å². The maximum Gasteiger partial charge on any atom is 0.250 e. The molecule has 0 spiro atoms. The van der Waals surface area contributed by atoms with E-state index in [9.17, 15) is 9.59 Å². The summed E-state index contributed by atoms with van der Waals surface area (Å²) < 4.78 is 0. The number of nitrogens with one attached hydrogen (secondary N) is 2. The molecule has 0 aliphatic rings. The van der Waals surface area contributed by atoms with Gasteiger partial charge in [-0.05, 0) is 30.0 Å². The highest BCUT2D eigenvalue weighted by atomic mass is 32.1. The largest absolute Gasteiger partial charge is 0.356 e. The van der Waals surface area contributed by atoms with E-state index in [4.69, 9.17) is 0 Å². The van der Waals surface area contributed by atoms with Crippen molar-refractivity contribution in [1.29, 1.82) is 0 Å². The Balaban J connectivity index is 1.38. The molecule has 5 nitrogen and oxygen atoms in total. The highest BCUT2D eigenvalue weighted by Crippen LogP contribution is 2.16. The Morgan fingerprint density at radius 3 is 2.48 bits per heavy atom. The van der Waals surface area contributed by atoms with Crippen molar-refractivity contribution in [3.63, 3.8) is 0 Å². The van der Waals surface area contributed by atoms with Gasteiger partial charge in [-0.3, -0.25) is 14.9 Å². The third-order valence-electron chi connectivity index (χ3n) is 4.16. The zero-order valence-corrected chi connectivity index (χ0v) is 16.8. The molecule has 0 aliphatic heterocycles. The van der Waals surface area contributed by atoms with E-state index in [0.29, 0.717) is 17.4 Å². The Bertz CT molecular complexity index is 953. The molecule has 0 bridgehead atoms. The molecule has 29 heavy (non-hydrogen) atoms. The van der Waals surface area contributed by atoms with Crippen LogP contribution in [-0.4, -0.2) is 23.3 Å². The van der Waals surface area contributed by atoms with E-state index in [2.05, 4.69) is 27.8 Å². The molecule has 3 rings (SSSR count). The van der Waals surface area contributed by atoms with Gasteiger partial charge in [-0.1, -0.05) is 60.7 Å². The molecule has 0 aliphatic carbocycles. The first-order valence-electron chi connectivity index (χ1n) is 9.48. The van der Waals surface area contributed by atoms with Gasteiger partial charge in [-0.15, -0.1) is 11.3 Å². The lowest BCUT2D eigenvalue weighted by molar-refractivity contribution is -0.120. The first-order valence-corrected chi connectivity index (χ1v) is 10.4. The Kier molecular flexibility index (Phi) is 7.72. The molecule has 0 saturated heterocycles. The van der Waals surface area contributed by atoms with Gasteiger partial charge in [0.05, 0.1) is 12.1 Å². The molecule has 6 heteroatoms. The number of carbonyl (C=O) groups is 2. The molecule has 148 valence electrons. The summed E-state index contributed by atoms with van der Waals surface area (Å²) >= 11 is 1.31. The lowest BCUT2D eigenvalue weighted by Crippen LogP contribution is -2.26. The van der Waals surface area contributed by atoms with Crippen LogP contribution < -0.4 is 10.6 Å². The van der Waals surface area contributed by atoms with Gasteiger partial charge in [0.2, 0.25) is 11.8 Å². The standard InChI is InChI=1S/C23H23N3O2S/c27-21(14-13-19-10-5-2-6-11-19)26-23-25-20(17-29-23)16-22(28)24-15-7-12-18-8-3-1-4-9-18/h1-6,8-11,13-14,17H,7,12,15-16H2,(H,24,28)(H,25,26,27)/b14-13+. The Morgan fingerprint density at radius 1 is 1.00 bits per heavy atom. The molecule has 0 unspecified atom stereocenters. The van der Waals surface area contributed by atoms with Crippen molar-refractivity contribution in [2.75, 3.05) is 11.9 Å². The quantitative estimate of drug-likeness (QED) is 0.416. The smallest absolute Gasteiger partial charge is 0.250 e. The number of amides is 2. The molecule has 2 N–H and O–H groups in total. The number of thiazole rings is 1. The maximum atomic E-state index is 12.1. The van der Waals surface area contributed by atoms with Crippen LogP contribution in [0, 0.1) is 0 Å². The number of carbonyl (C=O) groups excluding carboxylic acids is 2. The second-order valence-electron chi connectivity index (χ2n) is 6.49. The van der Waals surface area contributed by atoms with Crippen molar-refractivity contribution >= 4 is 34.4 Å². The number of nitrogens with zero attached hydrogens (tertiary/aromatic N) is 1. The normalized spacial score (nSPS) is 10.8. The number of rotatable bonds is 9. The minimum absolute atomic E-state index is 0.0646. The fourth-order valence-corrected chi connectivity index (χ4v) is 3.43. The summed E-state index contributed by atoms with van der Waals surface area (Å²) in [5, 5.41) is 7.92. The lowest BCUT2D eigenvalue weighted by atomic mass is 10.1. The molecule has 2 amide bonds. The van der Waals surface area contributed by atoms with Crippen molar-refractivity contribution in [1.82, 2.24) is 10.3 Å². The molecular formula is C23H23N3O2S. The molecule has 1 heterocycles. The maximum absolute atomic E-state index is 12.1. The number of benzene rings is 2. The monoisotopic (exact) mass is 405 g/mol. The van der Waals surface area contributed by atoms with Crippen molar-refractivity contribution in [3.05, 3.63) is 88.9 Å². The zero-order valence-electron chi connectivity index (χ0n) is 16.0. The second-order valence-corrected chi connectivity index (χ2v) is 7.35. The molecule has 0 fully saturated rings. The predicted molar refractivity (Wildman–Crippen MR) is 118 cm³/mol. The summed E-state index contributed by atoms with van der Waals surface area (Å²) in [5.74, 6) is -0.315. The number of aryl methyl sites for hydroxylation is 1. The summed E-state index contributed by atoms with van der Waals surface area (Å²) in [6.07, 6.45) is 5.24. The van der Waals surface area contributed by atoms with E-state index in [1.54, 1.807) is 11.5 Å². The molecule has 0 saturated carbocycles. The van der Waals surface area contributed by atoms with Crippen LogP contribution in [0.4, 0.5) is 5.13 Å². The third-order valence-corrected chi connectivity index (χ3v) is 4.96. The van der Waals surface area contributed by atoms with Crippen molar-refractivity contribution in [2.24, 2.45) is 0 Å². The van der Waals surface area contributed by atoms with Crippen LogP contribution in [0.3, 0.4) is 0 Å². The van der Waals surface area contributed by atoms with E-state index in [1.807, 2.05) is 48.5 Å². The van der Waals surface area contributed by atoms with E-state index < -0.39 is 0 Å². The number of hydrogen-bond donors (Lipinski definition) is 2. The zero-order chi connectivity index (χ0) is 20.3. The molecule has 1 aromatic heterocycles. The van der Waals surface area contributed by atoms with Gasteiger partial charge in [0, 0.05) is 18.0 Å². The van der Waals surface area contributed by atoms with Crippen LogP contribution in [0.25, 0.3) is 6.08 Å². The van der Waals surface area contributed by atoms with Crippen LogP contribution in [0.5, 0.6) is 0 Å². The number of anilines is 1. The van der Waals surface area contributed by atoms with Crippen LogP contribution in [0.1, 0.15) is 23.2 Å². The predicted octanol–water partition coefficient (Wildman–Crippen LogP) is 4.09. The molecule has 0 radical (unpaired) electrons. The third kappa shape index (κ3) is 7.35. The van der Waals surface area contributed by atoms with Crippen LogP contribution in [0.2, 0.25) is 0 Å². The number of hydrogen-bond acceptors (Lipinski definition) is 4. The van der Waals surface area contributed by atoms with Gasteiger partial charge in [-0.25, -0.2) is 4.98 Å². The first kappa shape index (κ1) is 20.5. The van der Waals surface area contributed by atoms with Gasteiger partial charge >= 0.3 is 0 Å². The minimum Gasteiger partial charge on any atom is -0.356 e. The average Bonchev–Trinajstić information content (AvgIpc) is 3.18. The van der Waals surface area contributed by atoms with E-state index in [-0.39, 0.29) is 18.2 Å².